The highest BCUT2D eigenvalue weighted by molar-refractivity contribution is 6.04. The molecule has 0 unspecified atom stereocenters. The van der Waals surface area contributed by atoms with Gasteiger partial charge in [0.1, 0.15) is 12.1 Å². The molecular weight excluding hydrogens is 386 g/mol. The molecule has 0 saturated heterocycles. The van der Waals surface area contributed by atoms with Gasteiger partial charge in [-0.3, -0.25) is 9.36 Å². The summed E-state index contributed by atoms with van der Waals surface area (Å²) in [6, 6.07) is 15.5. The van der Waals surface area contributed by atoms with Crippen LogP contribution in [0.25, 0.3) is 5.82 Å². The molecule has 3 heterocycles. The van der Waals surface area contributed by atoms with Gasteiger partial charge in [0, 0.05) is 29.7 Å². The van der Waals surface area contributed by atoms with E-state index in [-0.39, 0.29) is 12.7 Å². The third-order valence-electron chi connectivity index (χ3n) is 4.36. The van der Waals surface area contributed by atoms with Crippen LogP contribution in [0.4, 0.5) is 5.69 Å². The smallest absolute Gasteiger partial charge is 0.255 e. The summed E-state index contributed by atoms with van der Waals surface area (Å²) in [4.78, 5) is 16.4. The highest BCUT2D eigenvalue weighted by atomic mass is 16.7. The van der Waals surface area contributed by atoms with Crippen LogP contribution in [0, 0.1) is 0 Å². The summed E-state index contributed by atoms with van der Waals surface area (Å²) in [7, 11) is 0. The van der Waals surface area contributed by atoms with Crippen LogP contribution in [-0.2, 0) is 0 Å². The summed E-state index contributed by atoms with van der Waals surface area (Å²) >= 11 is 0. The molecule has 1 aliphatic rings. The van der Waals surface area contributed by atoms with Crippen LogP contribution < -0.4 is 19.5 Å². The minimum Gasteiger partial charge on any atom is -0.454 e. The fraction of sp³-hybridized carbons (Fsp3) is 0.0476. The normalized spacial score (nSPS) is 11.9. The molecule has 0 radical (unpaired) electrons. The number of anilines is 1. The van der Waals surface area contributed by atoms with Crippen molar-refractivity contribution in [2.24, 2.45) is 0 Å². The van der Waals surface area contributed by atoms with Crippen LogP contribution in [0.15, 0.2) is 73.3 Å². The number of aromatic nitrogens is 4. The molecule has 1 aliphatic heterocycles. The summed E-state index contributed by atoms with van der Waals surface area (Å²) in [5.74, 6) is 2.52. The molecule has 30 heavy (non-hydrogen) atoms. The summed E-state index contributed by atoms with van der Waals surface area (Å²) in [6.07, 6.45) is 5.08. The molecule has 0 aliphatic carbocycles. The van der Waals surface area contributed by atoms with Crippen LogP contribution in [0.2, 0.25) is 0 Å². The highest BCUT2D eigenvalue weighted by Crippen LogP contribution is 2.32. The second-order valence-electron chi connectivity index (χ2n) is 6.35. The highest BCUT2D eigenvalue weighted by Gasteiger charge is 2.16. The van der Waals surface area contributed by atoms with E-state index in [9.17, 15) is 4.79 Å². The third kappa shape index (κ3) is 3.63. The molecule has 9 heteroatoms. The minimum atomic E-state index is -0.247. The lowest BCUT2D eigenvalue weighted by molar-refractivity contribution is 0.102. The Kier molecular flexibility index (Phi) is 4.45. The van der Waals surface area contributed by atoms with Crippen LogP contribution in [0.5, 0.6) is 23.1 Å². The Bertz CT molecular complexity index is 1180. The molecule has 148 valence electrons. The predicted molar refractivity (Wildman–Crippen MR) is 106 cm³/mol. The molecule has 0 atom stereocenters. The molecule has 1 N–H and O–H groups in total. The van der Waals surface area contributed by atoms with Gasteiger partial charge in [0.25, 0.3) is 5.91 Å². The van der Waals surface area contributed by atoms with E-state index < -0.39 is 0 Å². The van der Waals surface area contributed by atoms with Crippen molar-refractivity contribution in [3.8, 4) is 28.9 Å². The molecule has 9 nitrogen and oxygen atoms in total. The number of hydrogen-bond donors (Lipinski definition) is 1. The van der Waals surface area contributed by atoms with Gasteiger partial charge in [-0.05, 0) is 48.5 Å². The maximum Gasteiger partial charge on any atom is 0.255 e. The molecule has 0 bridgehead atoms. The number of amides is 1. The van der Waals surface area contributed by atoms with Crippen molar-refractivity contribution in [2.45, 2.75) is 0 Å². The van der Waals surface area contributed by atoms with Crippen molar-refractivity contribution >= 4 is 11.6 Å². The maximum atomic E-state index is 12.5. The van der Waals surface area contributed by atoms with Gasteiger partial charge in [0.05, 0.1) is 0 Å². The molecule has 1 amide bonds. The average molecular weight is 401 g/mol. The number of nitrogens with zero attached hydrogens (tertiary/aromatic N) is 4. The third-order valence-corrected chi connectivity index (χ3v) is 4.36. The Balaban J connectivity index is 1.23. The first-order chi connectivity index (χ1) is 14.7. The number of carbonyl (C=O) groups is 1. The topological polar surface area (TPSA) is 100 Å². The number of rotatable bonds is 5. The summed E-state index contributed by atoms with van der Waals surface area (Å²) < 4.78 is 18.0. The van der Waals surface area contributed by atoms with E-state index in [4.69, 9.17) is 14.2 Å². The van der Waals surface area contributed by atoms with Crippen molar-refractivity contribution in [1.29, 1.82) is 0 Å². The van der Waals surface area contributed by atoms with Gasteiger partial charge in [0.2, 0.25) is 12.7 Å². The van der Waals surface area contributed by atoms with Crippen LogP contribution in [0.3, 0.4) is 0 Å². The molecule has 5 rings (SSSR count). The second kappa shape index (κ2) is 7.55. The first-order valence-corrected chi connectivity index (χ1v) is 9.06. The van der Waals surface area contributed by atoms with Crippen LogP contribution >= 0.6 is 0 Å². The summed E-state index contributed by atoms with van der Waals surface area (Å²) in [5.41, 5.74) is 1.11. The van der Waals surface area contributed by atoms with Gasteiger partial charge >= 0.3 is 0 Å². The zero-order valence-corrected chi connectivity index (χ0v) is 15.6. The van der Waals surface area contributed by atoms with E-state index in [0.29, 0.717) is 40.2 Å². The van der Waals surface area contributed by atoms with Crippen molar-refractivity contribution in [2.75, 3.05) is 12.1 Å². The lowest BCUT2D eigenvalue weighted by atomic mass is 10.2. The van der Waals surface area contributed by atoms with Gasteiger partial charge in [-0.15, -0.1) is 10.2 Å². The van der Waals surface area contributed by atoms with Gasteiger partial charge in [-0.25, -0.2) is 4.98 Å². The van der Waals surface area contributed by atoms with E-state index in [1.165, 1.54) is 0 Å². The van der Waals surface area contributed by atoms with E-state index in [1.54, 1.807) is 77.9 Å². The second-order valence-corrected chi connectivity index (χ2v) is 6.35. The quantitative estimate of drug-likeness (QED) is 0.547. The molecular formula is C21H15N5O4. The predicted octanol–water partition coefficient (Wildman–Crippen LogP) is 3.44. The Hall–Kier alpha value is -4.40. The minimum absolute atomic E-state index is 0.165. The van der Waals surface area contributed by atoms with E-state index in [0.717, 1.165) is 0 Å². The zero-order valence-electron chi connectivity index (χ0n) is 15.6. The molecule has 0 saturated carbocycles. The number of ether oxygens (including phenoxy) is 3. The first kappa shape index (κ1) is 17.7. The number of hydrogen-bond acceptors (Lipinski definition) is 7. The van der Waals surface area contributed by atoms with Gasteiger partial charge in [-0.1, -0.05) is 0 Å². The molecule has 4 aromatic rings. The van der Waals surface area contributed by atoms with Crippen molar-refractivity contribution in [3.05, 3.63) is 78.9 Å². The maximum absolute atomic E-state index is 12.5. The van der Waals surface area contributed by atoms with Crippen molar-refractivity contribution in [1.82, 2.24) is 19.7 Å². The van der Waals surface area contributed by atoms with Crippen molar-refractivity contribution in [3.63, 3.8) is 0 Å². The Morgan fingerprint density at radius 3 is 2.63 bits per heavy atom. The fourth-order valence-corrected chi connectivity index (χ4v) is 2.87. The van der Waals surface area contributed by atoms with Crippen LogP contribution in [-0.4, -0.2) is 32.4 Å². The summed E-state index contributed by atoms with van der Waals surface area (Å²) in [6.45, 7) is 0.165. The molecule has 0 spiro atoms. The van der Waals surface area contributed by atoms with E-state index in [2.05, 4.69) is 20.5 Å². The molecule has 2 aromatic carbocycles. The zero-order chi connectivity index (χ0) is 20.3. The van der Waals surface area contributed by atoms with Crippen LogP contribution in [0.1, 0.15) is 10.4 Å². The van der Waals surface area contributed by atoms with E-state index >= 15 is 0 Å². The Labute approximate surface area is 170 Å². The fourth-order valence-electron chi connectivity index (χ4n) is 2.87. The number of carbonyl (C=O) groups excluding carboxylic acids is 1. The molecule has 2 aromatic heterocycles. The van der Waals surface area contributed by atoms with Gasteiger partial charge in [-0.2, -0.15) is 0 Å². The first-order valence-electron chi connectivity index (χ1n) is 9.06. The van der Waals surface area contributed by atoms with Gasteiger partial charge < -0.3 is 19.5 Å². The summed E-state index contributed by atoms with van der Waals surface area (Å²) in [5, 5.41) is 11.0. The number of imidazole rings is 1. The Morgan fingerprint density at radius 1 is 1.00 bits per heavy atom. The van der Waals surface area contributed by atoms with Crippen molar-refractivity contribution < 1.29 is 19.0 Å². The number of benzene rings is 2. The SMILES string of the molecule is O=C(Nc1ccc(Oc2ccc(-n3ccnc3)nn2)cc1)c1ccc2c(c1)OCO2. The number of nitrogens with one attached hydrogen (secondary N) is 1. The standard InChI is InChI=1S/C21H15N5O4/c27-21(14-1-6-17-18(11-14)29-13-28-17)23-15-2-4-16(5-3-15)30-20-8-7-19(24-25-20)26-10-9-22-12-26/h1-12H,13H2,(H,23,27). The largest absolute Gasteiger partial charge is 0.454 e. The Morgan fingerprint density at radius 2 is 1.87 bits per heavy atom. The van der Waals surface area contributed by atoms with E-state index in [1.807, 2.05) is 0 Å². The molecule has 0 fully saturated rings. The lowest BCUT2D eigenvalue weighted by Gasteiger charge is -2.08. The van der Waals surface area contributed by atoms with Gasteiger partial charge in [0.15, 0.2) is 17.3 Å². The monoisotopic (exact) mass is 401 g/mol. The lowest BCUT2D eigenvalue weighted by Crippen LogP contribution is -2.11. The number of fused-ring (bicyclic) bond motifs is 1. The average Bonchev–Trinajstić information content (AvgIpc) is 3.47.